The maximum absolute atomic E-state index is 11.8. The van der Waals surface area contributed by atoms with Gasteiger partial charge in [-0.05, 0) is 44.1 Å². The molecule has 1 aliphatic carbocycles. The largest absolute Gasteiger partial charge is 0.461 e. The summed E-state index contributed by atoms with van der Waals surface area (Å²) in [7, 11) is 0. The monoisotopic (exact) mass is 253 g/mol. The zero-order valence-electron chi connectivity index (χ0n) is 10.6. The summed E-state index contributed by atoms with van der Waals surface area (Å²) in [4.78, 5) is 22.4. The lowest BCUT2D eigenvalue weighted by atomic mass is 9.97. The Kier molecular flexibility index (Phi) is 4.36. The molecule has 18 heavy (non-hydrogen) atoms. The topological polar surface area (TPSA) is 64.6 Å². The number of hydrogen-bond donors (Lipinski definition) is 1. The molecule has 5 nitrogen and oxygen atoms in total. The van der Waals surface area contributed by atoms with Crippen LogP contribution in [-0.4, -0.2) is 31.7 Å². The molecule has 1 saturated heterocycles. The molecule has 100 valence electrons. The lowest BCUT2D eigenvalue weighted by Crippen LogP contribution is -2.29. The standard InChI is InChI=1S/C13H19NO4/c1-2-17-13(16)12(14-8-15)10-5-6-18-11(7-10)9-3-4-9/h8-9,11H,2-7H2,1H3,(H,14,15)/b12-10-. The van der Waals surface area contributed by atoms with Crippen LogP contribution in [0.1, 0.15) is 32.6 Å². The Bertz CT molecular complexity index is 360. The van der Waals surface area contributed by atoms with Gasteiger partial charge in [0.25, 0.3) is 0 Å². The second-order valence-corrected chi connectivity index (χ2v) is 4.66. The van der Waals surface area contributed by atoms with E-state index in [1.807, 2.05) is 0 Å². The quantitative estimate of drug-likeness (QED) is 0.453. The Morgan fingerprint density at radius 1 is 1.56 bits per heavy atom. The van der Waals surface area contributed by atoms with Gasteiger partial charge in [-0.15, -0.1) is 0 Å². The fourth-order valence-corrected chi connectivity index (χ4v) is 2.30. The molecule has 1 saturated carbocycles. The molecule has 0 aromatic heterocycles. The van der Waals surface area contributed by atoms with Gasteiger partial charge in [-0.2, -0.15) is 0 Å². The van der Waals surface area contributed by atoms with E-state index in [0.717, 1.165) is 12.0 Å². The zero-order chi connectivity index (χ0) is 13.0. The molecule has 2 fully saturated rings. The lowest BCUT2D eigenvalue weighted by molar-refractivity contribution is -0.139. The first kappa shape index (κ1) is 13.1. The summed E-state index contributed by atoms with van der Waals surface area (Å²) in [6.07, 6.45) is 4.53. The van der Waals surface area contributed by atoms with Crippen molar-refractivity contribution in [3.63, 3.8) is 0 Å². The maximum atomic E-state index is 11.8. The third-order valence-corrected chi connectivity index (χ3v) is 3.37. The Morgan fingerprint density at radius 2 is 2.33 bits per heavy atom. The van der Waals surface area contributed by atoms with Crippen LogP contribution in [0.4, 0.5) is 0 Å². The van der Waals surface area contributed by atoms with E-state index in [1.165, 1.54) is 12.8 Å². The summed E-state index contributed by atoms with van der Waals surface area (Å²) in [5, 5.41) is 2.49. The van der Waals surface area contributed by atoms with Crippen molar-refractivity contribution in [3.05, 3.63) is 11.3 Å². The summed E-state index contributed by atoms with van der Waals surface area (Å²) in [6, 6.07) is 0. The number of rotatable bonds is 5. The summed E-state index contributed by atoms with van der Waals surface area (Å²) in [5.74, 6) is 0.177. The first-order chi connectivity index (χ1) is 8.76. The summed E-state index contributed by atoms with van der Waals surface area (Å²) in [6.45, 7) is 2.66. The van der Waals surface area contributed by atoms with Gasteiger partial charge in [-0.1, -0.05) is 0 Å². The second-order valence-electron chi connectivity index (χ2n) is 4.66. The molecule has 0 bridgehead atoms. The van der Waals surface area contributed by atoms with Crippen LogP contribution in [-0.2, 0) is 19.1 Å². The average molecular weight is 253 g/mol. The molecule has 1 unspecified atom stereocenters. The molecule has 1 aliphatic heterocycles. The Morgan fingerprint density at radius 3 is 2.94 bits per heavy atom. The lowest BCUT2D eigenvalue weighted by Gasteiger charge is -2.26. The Labute approximate surface area is 107 Å². The van der Waals surface area contributed by atoms with Gasteiger partial charge in [0.2, 0.25) is 6.41 Å². The van der Waals surface area contributed by atoms with Crippen molar-refractivity contribution in [1.29, 1.82) is 0 Å². The van der Waals surface area contributed by atoms with E-state index in [4.69, 9.17) is 9.47 Å². The van der Waals surface area contributed by atoms with Crippen LogP contribution in [0.2, 0.25) is 0 Å². The second kappa shape index (κ2) is 6.00. The van der Waals surface area contributed by atoms with Crippen LogP contribution in [0, 0.1) is 5.92 Å². The van der Waals surface area contributed by atoms with Gasteiger partial charge in [0.15, 0.2) is 0 Å². The van der Waals surface area contributed by atoms with E-state index in [2.05, 4.69) is 5.32 Å². The molecule has 0 aromatic rings. The van der Waals surface area contributed by atoms with Crippen LogP contribution in [0.5, 0.6) is 0 Å². The van der Waals surface area contributed by atoms with E-state index < -0.39 is 5.97 Å². The summed E-state index contributed by atoms with van der Waals surface area (Å²) in [5.41, 5.74) is 1.25. The van der Waals surface area contributed by atoms with Crippen molar-refractivity contribution in [2.24, 2.45) is 5.92 Å². The highest BCUT2D eigenvalue weighted by Crippen LogP contribution is 2.39. The molecule has 0 radical (unpaired) electrons. The van der Waals surface area contributed by atoms with Crippen LogP contribution >= 0.6 is 0 Å². The van der Waals surface area contributed by atoms with E-state index in [-0.39, 0.29) is 6.10 Å². The fourth-order valence-electron chi connectivity index (χ4n) is 2.30. The van der Waals surface area contributed by atoms with Crippen molar-refractivity contribution in [2.45, 2.75) is 38.7 Å². The van der Waals surface area contributed by atoms with E-state index >= 15 is 0 Å². The van der Waals surface area contributed by atoms with E-state index in [9.17, 15) is 9.59 Å². The molecule has 2 aliphatic rings. The van der Waals surface area contributed by atoms with E-state index in [1.54, 1.807) is 6.92 Å². The molecule has 1 atom stereocenters. The Hall–Kier alpha value is -1.36. The maximum Gasteiger partial charge on any atom is 0.354 e. The number of nitrogens with one attached hydrogen (secondary N) is 1. The zero-order valence-corrected chi connectivity index (χ0v) is 10.6. The highest BCUT2D eigenvalue weighted by Gasteiger charge is 2.35. The average Bonchev–Trinajstić information content (AvgIpc) is 3.20. The van der Waals surface area contributed by atoms with E-state index in [0.29, 0.717) is 37.7 Å². The van der Waals surface area contributed by atoms with Crippen LogP contribution < -0.4 is 5.32 Å². The third kappa shape index (κ3) is 3.10. The highest BCUT2D eigenvalue weighted by atomic mass is 16.5. The first-order valence-corrected chi connectivity index (χ1v) is 6.47. The van der Waals surface area contributed by atoms with Crippen LogP contribution in [0.25, 0.3) is 0 Å². The molecule has 1 heterocycles. The SMILES string of the molecule is CCOC(=O)/C(NC=O)=C1\CCOC(C2CC2)C1. The molecule has 5 heteroatoms. The molecular weight excluding hydrogens is 234 g/mol. The minimum absolute atomic E-state index is 0.201. The van der Waals surface area contributed by atoms with Crippen molar-refractivity contribution in [3.8, 4) is 0 Å². The van der Waals surface area contributed by atoms with Crippen molar-refractivity contribution in [2.75, 3.05) is 13.2 Å². The molecule has 1 N–H and O–H groups in total. The molecule has 2 rings (SSSR count). The number of ether oxygens (including phenoxy) is 2. The Balaban J connectivity index is 2.11. The van der Waals surface area contributed by atoms with Gasteiger partial charge in [-0.25, -0.2) is 4.79 Å². The van der Waals surface area contributed by atoms with Gasteiger partial charge in [0.1, 0.15) is 5.70 Å². The van der Waals surface area contributed by atoms with Gasteiger partial charge in [0.05, 0.1) is 19.3 Å². The minimum atomic E-state index is -0.448. The highest BCUT2D eigenvalue weighted by molar-refractivity contribution is 5.91. The first-order valence-electron chi connectivity index (χ1n) is 6.47. The number of esters is 1. The van der Waals surface area contributed by atoms with Crippen molar-refractivity contribution >= 4 is 12.4 Å². The smallest absolute Gasteiger partial charge is 0.354 e. The minimum Gasteiger partial charge on any atom is -0.461 e. The number of hydrogen-bond acceptors (Lipinski definition) is 4. The fraction of sp³-hybridized carbons (Fsp3) is 0.692. The summed E-state index contributed by atoms with van der Waals surface area (Å²) < 4.78 is 10.7. The van der Waals surface area contributed by atoms with Gasteiger partial charge in [-0.3, -0.25) is 4.79 Å². The van der Waals surface area contributed by atoms with Crippen LogP contribution in [0.3, 0.4) is 0 Å². The van der Waals surface area contributed by atoms with Gasteiger partial charge < -0.3 is 14.8 Å². The number of carbonyl (C=O) groups excluding carboxylic acids is 2. The molecule has 0 aromatic carbocycles. The number of carbonyl (C=O) groups is 2. The summed E-state index contributed by atoms with van der Waals surface area (Å²) >= 11 is 0. The third-order valence-electron chi connectivity index (χ3n) is 3.37. The predicted octanol–water partition coefficient (Wildman–Crippen LogP) is 1.14. The van der Waals surface area contributed by atoms with Gasteiger partial charge in [0, 0.05) is 0 Å². The normalized spacial score (nSPS) is 26.4. The molecule has 1 amide bonds. The predicted molar refractivity (Wildman–Crippen MR) is 64.6 cm³/mol. The van der Waals surface area contributed by atoms with Crippen molar-refractivity contribution < 1.29 is 19.1 Å². The number of amides is 1. The molecular formula is C13H19NO4. The van der Waals surface area contributed by atoms with Crippen molar-refractivity contribution in [1.82, 2.24) is 5.32 Å². The van der Waals surface area contributed by atoms with Gasteiger partial charge >= 0.3 is 5.97 Å². The molecule has 0 spiro atoms. The van der Waals surface area contributed by atoms with Crippen LogP contribution in [0.15, 0.2) is 11.3 Å².